The van der Waals surface area contributed by atoms with E-state index in [0.717, 1.165) is 13.9 Å². The smallest absolute Gasteiger partial charge is 0.169 e. The predicted molar refractivity (Wildman–Crippen MR) is 37.9 cm³/mol. The first kappa shape index (κ1) is 4.55. The summed E-state index contributed by atoms with van der Waals surface area (Å²) in [5.41, 5.74) is 0. The summed E-state index contributed by atoms with van der Waals surface area (Å²) in [7, 11) is 2.41. The van der Waals surface area contributed by atoms with E-state index in [1.807, 2.05) is 6.08 Å². The molecule has 0 aliphatic carbocycles. The van der Waals surface area contributed by atoms with Gasteiger partial charge in [-0.3, -0.25) is 0 Å². The van der Waals surface area contributed by atoms with Crippen LogP contribution in [0, 0.1) is 0 Å². The minimum Gasteiger partial charge on any atom is -0.236 e. The number of aliphatic imine (C=N–C) groups is 1. The Balaban J connectivity index is 2.59. The van der Waals surface area contributed by atoms with Crippen molar-refractivity contribution in [1.82, 2.24) is 0 Å². The van der Waals surface area contributed by atoms with Crippen LogP contribution in [0.3, 0.4) is 0 Å². The van der Waals surface area contributed by atoms with Crippen molar-refractivity contribution >= 4 is 27.9 Å². The van der Waals surface area contributed by atoms with Crippen LogP contribution in [0.1, 0.15) is 0 Å². The molecule has 2 nitrogen and oxygen atoms in total. The van der Waals surface area contributed by atoms with Gasteiger partial charge in [-0.2, -0.15) is 0 Å². The van der Waals surface area contributed by atoms with Gasteiger partial charge in [0.1, 0.15) is 0 Å². The molecule has 2 aliphatic heterocycles. The van der Waals surface area contributed by atoms with Crippen LogP contribution in [0.2, 0.25) is 0 Å². The first-order valence-electron chi connectivity index (χ1n) is 2.20. The Morgan fingerprint density at radius 1 is 1.50 bits per heavy atom. The molecule has 38 valence electrons. The number of allylic oxidation sites excluding steroid dienone is 1. The van der Waals surface area contributed by atoms with Crippen LogP contribution in [0.25, 0.3) is 0 Å². The number of nitrogens with zero attached hydrogens (tertiary/aromatic N) is 2. The van der Waals surface area contributed by atoms with Crippen LogP contribution in [0.15, 0.2) is 21.1 Å². The van der Waals surface area contributed by atoms with E-state index >= 15 is 0 Å². The molecular formula is C4H2N2P2. The highest BCUT2D eigenvalue weighted by Crippen LogP contribution is 2.36. The molecule has 0 atom stereocenters. The first-order chi connectivity index (χ1) is 3.97. The Morgan fingerprint density at radius 3 is 3.38 bits per heavy atom. The zero-order valence-corrected chi connectivity index (χ0v) is 5.73. The minimum absolute atomic E-state index is 0.938. The molecule has 0 N–H and O–H groups in total. The summed E-state index contributed by atoms with van der Waals surface area (Å²) in [6.45, 7) is 0. The van der Waals surface area contributed by atoms with E-state index in [2.05, 4.69) is 9.76 Å². The average molecular weight is 140 g/mol. The lowest BCUT2D eigenvalue weighted by Crippen LogP contribution is -1.81. The highest BCUT2D eigenvalue weighted by atomic mass is 31.7. The van der Waals surface area contributed by atoms with E-state index in [-0.39, 0.29) is 0 Å². The summed E-state index contributed by atoms with van der Waals surface area (Å²) < 4.78 is 4.11. The van der Waals surface area contributed by atoms with Gasteiger partial charge in [-0.15, -0.1) is 0 Å². The van der Waals surface area contributed by atoms with Crippen LogP contribution in [0.4, 0.5) is 0 Å². The fourth-order valence-corrected chi connectivity index (χ4v) is 2.53. The molecule has 8 heavy (non-hydrogen) atoms. The number of hydrogen-bond acceptors (Lipinski definition) is 2. The van der Waals surface area contributed by atoms with Crippen molar-refractivity contribution in [3.05, 3.63) is 11.4 Å². The van der Waals surface area contributed by atoms with E-state index in [4.69, 9.17) is 0 Å². The maximum atomic E-state index is 4.11. The minimum atomic E-state index is 0.938. The highest BCUT2D eigenvalue weighted by Gasteiger charge is 2.10. The zero-order chi connectivity index (χ0) is 5.40. The molecule has 0 saturated carbocycles. The van der Waals surface area contributed by atoms with Crippen molar-refractivity contribution < 1.29 is 0 Å². The lowest BCUT2D eigenvalue weighted by molar-refractivity contribution is 1.71. The van der Waals surface area contributed by atoms with Crippen molar-refractivity contribution in [1.29, 1.82) is 0 Å². The molecule has 2 heterocycles. The van der Waals surface area contributed by atoms with Crippen LogP contribution in [-0.4, -0.2) is 12.1 Å². The Morgan fingerprint density at radius 2 is 2.50 bits per heavy atom. The van der Waals surface area contributed by atoms with Crippen LogP contribution in [-0.2, 0) is 0 Å². The molecule has 0 fully saturated rings. The quantitative estimate of drug-likeness (QED) is 0.460. The summed E-state index contributed by atoms with van der Waals surface area (Å²) in [4.78, 5) is 4.02. The zero-order valence-electron chi connectivity index (χ0n) is 3.94. The summed E-state index contributed by atoms with van der Waals surface area (Å²) in [5, 5.41) is 1.27. The van der Waals surface area contributed by atoms with Gasteiger partial charge in [-0.1, -0.05) is 0 Å². The van der Waals surface area contributed by atoms with Crippen LogP contribution in [0.5, 0.6) is 0 Å². The Labute approximate surface area is 49.9 Å². The molecule has 0 amide bonds. The molecule has 0 unspecified atom stereocenters. The van der Waals surface area contributed by atoms with Gasteiger partial charge in [-0.05, 0) is 13.9 Å². The topological polar surface area (TPSA) is 24.7 Å². The molecule has 0 aromatic rings. The highest BCUT2D eigenvalue weighted by molar-refractivity contribution is 7.87. The fourth-order valence-electron chi connectivity index (χ4n) is 0.587. The van der Waals surface area contributed by atoms with Gasteiger partial charge in [0.25, 0.3) is 0 Å². The van der Waals surface area contributed by atoms with Gasteiger partial charge in [0, 0.05) is 6.21 Å². The number of fused-ring (bicyclic) bond motifs is 1. The normalized spacial score (nSPS) is 25.0. The molecule has 0 radical (unpaired) electrons. The van der Waals surface area contributed by atoms with E-state index in [0.29, 0.717) is 0 Å². The first-order valence-corrected chi connectivity index (χ1v) is 4.65. The van der Waals surface area contributed by atoms with Crippen molar-refractivity contribution in [2.45, 2.75) is 0 Å². The lowest BCUT2D eigenvalue weighted by Gasteiger charge is -1.79. The number of amidine groups is 1. The van der Waals surface area contributed by atoms with Gasteiger partial charge >= 0.3 is 0 Å². The summed E-state index contributed by atoms with van der Waals surface area (Å²) in [6.07, 6.45) is 3.82. The largest absolute Gasteiger partial charge is 0.236 e. The molecule has 0 bridgehead atoms. The van der Waals surface area contributed by atoms with Gasteiger partial charge in [0.2, 0.25) is 0 Å². The maximum Gasteiger partial charge on any atom is 0.169 e. The molecule has 0 saturated heterocycles. The molecule has 2 aliphatic rings. The third-order valence-corrected chi connectivity index (χ3v) is 3.07. The average Bonchev–Trinajstić information content (AvgIpc) is 2.15. The van der Waals surface area contributed by atoms with Gasteiger partial charge in [-0.25, -0.2) is 9.76 Å². The Bertz CT molecular complexity index is 210. The van der Waals surface area contributed by atoms with Crippen molar-refractivity contribution in [2.24, 2.45) is 9.76 Å². The molecule has 0 aromatic heterocycles. The van der Waals surface area contributed by atoms with Crippen molar-refractivity contribution in [3.8, 4) is 0 Å². The number of rotatable bonds is 0. The van der Waals surface area contributed by atoms with E-state index in [9.17, 15) is 0 Å². The van der Waals surface area contributed by atoms with E-state index in [1.165, 1.54) is 13.2 Å². The summed E-state index contributed by atoms with van der Waals surface area (Å²) in [6, 6.07) is 0. The Hall–Kier alpha value is -0.320. The van der Waals surface area contributed by atoms with Crippen molar-refractivity contribution in [2.75, 3.05) is 0 Å². The molecule has 2 rings (SSSR count). The van der Waals surface area contributed by atoms with E-state index < -0.39 is 0 Å². The summed E-state index contributed by atoms with van der Waals surface area (Å²) >= 11 is 0. The van der Waals surface area contributed by atoms with Gasteiger partial charge in [0.15, 0.2) is 5.84 Å². The van der Waals surface area contributed by atoms with Gasteiger partial charge < -0.3 is 0 Å². The predicted octanol–water partition coefficient (Wildman–Crippen LogP) is 2.09. The standard InChI is InChI=1S/C4H2N2P2/c1-2-5-4-3(1)7-8-6-4/h1-2H. The van der Waals surface area contributed by atoms with Crippen LogP contribution < -0.4 is 0 Å². The third kappa shape index (κ3) is 0.506. The van der Waals surface area contributed by atoms with Gasteiger partial charge in [0.05, 0.1) is 13.3 Å². The number of hydrogen-bond donors (Lipinski definition) is 0. The Kier molecular flexibility index (Phi) is 0.898. The third-order valence-electron chi connectivity index (χ3n) is 0.950. The van der Waals surface area contributed by atoms with Crippen LogP contribution >= 0.6 is 15.9 Å². The second-order valence-electron chi connectivity index (χ2n) is 1.44. The maximum absolute atomic E-state index is 4.11. The molecular weight excluding hydrogens is 138 g/mol. The fraction of sp³-hybridized carbons (Fsp3) is 0. The summed E-state index contributed by atoms with van der Waals surface area (Å²) in [5.74, 6) is 0.938. The lowest BCUT2D eigenvalue weighted by atomic mass is 10.5. The second-order valence-corrected chi connectivity index (χ2v) is 3.64. The van der Waals surface area contributed by atoms with E-state index in [1.54, 1.807) is 6.21 Å². The molecule has 0 aromatic carbocycles. The SMILES string of the molecule is C1=NC2=NP=PC2=C1. The van der Waals surface area contributed by atoms with Crippen molar-refractivity contribution in [3.63, 3.8) is 0 Å². The monoisotopic (exact) mass is 140 g/mol. The molecule has 0 spiro atoms. The second kappa shape index (κ2) is 1.58. The molecule has 4 heteroatoms.